The van der Waals surface area contributed by atoms with Crippen LogP contribution in [0.2, 0.25) is 0 Å². The molecule has 19 heavy (non-hydrogen) atoms. The summed E-state index contributed by atoms with van der Waals surface area (Å²) >= 11 is 3.12. The van der Waals surface area contributed by atoms with Gasteiger partial charge in [-0.1, -0.05) is 34.1 Å². The summed E-state index contributed by atoms with van der Waals surface area (Å²) in [7, 11) is 0. The molecule has 0 aromatic heterocycles. The first-order valence-electron chi connectivity index (χ1n) is 5.55. The van der Waals surface area contributed by atoms with Crippen molar-refractivity contribution in [3.63, 3.8) is 0 Å². The zero-order chi connectivity index (χ0) is 14.0. The molecule has 2 rings (SSSR count). The second-order valence-corrected chi connectivity index (χ2v) is 5.01. The third kappa shape index (κ3) is 3.16. The average Bonchev–Trinajstić information content (AvgIpc) is 2.36. The smallest absolute Gasteiger partial charge is 0.164 e. The lowest BCUT2D eigenvalue weighted by Crippen LogP contribution is -2.07. The predicted octanol–water partition coefficient (Wildman–Crippen LogP) is 4.14. The lowest BCUT2D eigenvalue weighted by Gasteiger charge is -2.13. The van der Waals surface area contributed by atoms with E-state index in [4.69, 9.17) is 0 Å². The molecule has 0 saturated carbocycles. The average molecular weight is 331 g/mol. The molecule has 0 amide bonds. The molecule has 1 atom stereocenters. The van der Waals surface area contributed by atoms with Crippen molar-refractivity contribution in [3.8, 4) is 0 Å². The van der Waals surface area contributed by atoms with Crippen LogP contribution in [-0.2, 0) is 6.42 Å². The Bertz CT molecular complexity index is 601. The van der Waals surface area contributed by atoms with Crippen LogP contribution >= 0.6 is 15.9 Å². The lowest BCUT2D eigenvalue weighted by molar-refractivity contribution is 0.171. The van der Waals surface area contributed by atoms with Crippen molar-refractivity contribution in [2.45, 2.75) is 12.5 Å². The van der Waals surface area contributed by atoms with Crippen molar-refractivity contribution in [2.75, 3.05) is 0 Å². The Morgan fingerprint density at radius 1 is 1.05 bits per heavy atom. The van der Waals surface area contributed by atoms with Crippen LogP contribution in [0.4, 0.5) is 13.2 Å². The number of hydrogen-bond acceptors (Lipinski definition) is 1. The van der Waals surface area contributed by atoms with E-state index in [-0.39, 0.29) is 17.5 Å². The molecular weight excluding hydrogens is 321 g/mol. The van der Waals surface area contributed by atoms with E-state index in [2.05, 4.69) is 15.9 Å². The molecule has 0 heterocycles. The fourth-order valence-corrected chi connectivity index (χ4v) is 2.12. The molecule has 2 aromatic carbocycles. The van der Waals surface area contributed by atoms with E-state index in [0.717, 1.165) is 6.07 Å². The number of halogens is 4. The highest BCUT2D eigenvalue weighted by Crippen LogP contribution is 2.25. The molecule has 2 aromatic rings. The minimum absolute atomic E-state index is 0.126. The van der Waals surface area contributed by atoms with E-state index in [1.165, 1.54) is 24.3 Å². The first kappa shape index (κ1) is 14.1. The highest BCUT2D eigenvalue weighted by Gasteiger charge is 2.17. The summed E-state index contributed by atoms with van der Waals surface area (Å²) in [4.78, 5) is 0. The molecule has 100 valence electrons. The van der Waals surface area contributed by atoms with Crippen LogP contribution in [0.5, 0.6) is 0 Å². The largest absolute Gasteiger partial charge is 0.388 e. The van der Waals surface area contributed by atoms with E-state index in [9.17, 15) is 18.3 Å². The van der Waals surface area contributed by atoms with Gasteiger partial charge in [0.05, 0.1) is 6.10 Å². The molecule has 1 unspecified atom stereocenters. The van der Waals surface area contributed by atoms with Crippen LogP contribution in [0.15, 0.2) is 40.9 Å². The van der Waals surface area contributed by atoms with Gasteiger partial charge in [0.1, 0.15) is 5.82 Å². The van der Waals surface area contributed by atoms with Gasteiger partial charge in [-0.2, -0.15) is 0 Å². The van der Waals surface area contributed by atoms with Crippen LogP contribution in [0.25, 0.3) is 0 Å². The van der Waals surface area contributed by atoms with E-state index in [1.807, 2.05) is 0 Å². The van der Waals surface area contributed by atoms with Crippen molar-refractivity contribution < 1.29 is 18.3 Å². The maximum atomic E-state index is 13.6. The molecule has 0 aliphatic rings. The summed E-state index contributed by atoms with van der Waals surface area (Å²) in [5.74, 6) is -2.65. The van der Waals surface area contributed by atoms with Crippen molar-refractivity contribution in [1.29, 1.82) is 0 Å². The molecule has 0 bridgehead atoms. The molecule has 1 N–H and O–H groups in total. The van der Waals surface area contributed by atoms with Gasteiger partial charge in [-0.05, 0) is 23.8 Å². The second-order valence-electron chi connectivity index (χ2n) is 4.10. The van der Waals surface area contributed by atoms with Crippen molar-refractivity contribution in [2.24, 2.45) is 0 Å². The van der Waals surface area contributed by atoms with Gasteiger partial charge in [-0.3, -0.25) is 0 Å². The summed E-state index contributed by atoms with van der Waals surface area (Å²) in [5, 5.41) is 9.89. The predicted molar refractivity (Wildman–Crippen MR) is 69.1 cm³/mol. The van der Waals surface area contributed by atoms with Crippen LogP contribution in [0, 0.1) is 17.5 Å². The Kier molecular flexibility index (Phi) is 4.27. The number of benzene rings is 2. The normalized spacial score (nSPS) is 12.5. The Labute approximate surface area is 116 Å². The third-order valence-corrected chi connectivity index (χ3v) is 3.26. The van der Waals surface area contributed by atoms with Crippen molar-refractivity contribution in [3.05, 3.63) is 69.4 Å². The molecule has 0 aliphatic carbocycles. The topological polar surface area (TPSA) is 20.2 Å². The summed E-state index contributed by atoms with van der Waals surface area (Å²) < 4.78 is 40.7. The molecular formula is C14H10BrF3O. The maximum Gasteiger partial charge on any atom is 0.164 e. The molecule has 0 spiro atoms. The number of rotatable bonds is 3. The van der Waals surface area contributed by atoms with Crippen LogP contribution in [-0.4, -0.2) is 5.11 Å². The standard InChI is InChI=1S/C14H10BrF3O/c15-9-5-4-8(12(17)7-9)6-13(19)10-2-1-3-11(16)14(10)18/h1-5,7,13,19H,6H2. The van der Waals surface area contributed by atoms with E-state index < -0.39 is 23.6 Å². The molecule has 0 saturated heterocycles. The first-order valence-corrected chi connectivity index (χ1v) is 6.34. The SMILES string of the molecule is OC(Cc1ccc(Br)cc1F)c1cccc(F)c1F. The Morgan fingerprint density at radius 3 is 2.47 bits per heavy atom. The van der Waals surface area contributed by atoms with E-state index in [1.54, 1.807) is 6.07 Å². The van der Waals surface area contributed by atoms with E-state index in [0.29, 0.717) is 4.47 Å². The van der Waals surface area contributed by atoms with Gasteiger partial charge in [0, 0.05) is 16.5 Å². The van der Waals surface area contributed by atoms with Crippen LogP contribution in [0.1, 0.15) is 17.2 Å². The van der Waals surface area contributed by atoms with Gasteiger partial charge in [-0.15, -0.1) is 0 Å². The molecule has 1 nitrogen and oxygen atoms in total. The van der Waals surface area contributed by atoms with Gasteiger partial charge < -0.3 is 5.11 Å². The third-order valence-electron chi connectivity index (χ3n) is 2.77. The van der Waals surface area contributed by atoms with Crippen LogP contribution in [0.3, 0.4) is 0 Å². The molecule has 0 aliphatic heterocycles. The Morgan fingerprint density at radius 2 is 1.79 bits per heavy atom. The summed E-state index contributed by atoms with van der Waals surface area (Å²) in [6, 6.07) is 7.90. The Hall–Kier alpha value is -1.33. The van der Waals surface area contributed by atoms with Gasteiger partial charge in [0.2, 0.25) is 0 Å². The second kappa shape index (κ2) is 5.75. The maximum absolute atomic E-state index is 13.6. The van der Waals surface area contributed by atoms with Gasteiger partial charge in [0.25, 0.3) is 0 Å². The van der Waals surface area contributed by atoms with Gasteiger partial charge >= 0.3 is 0 Å². The zero-order valence-electron chi connectivity index (χ0n) is 9.71. The molecule has 5 heteroatoms. The summed E-state index contributed by atoms with van der Waals surface area (Å²) in [6.45, 7) is 0. The summed E-state index contributed by atoms with van der Waals surface area (Å²) in [6.07, 6.45) is -1.43. The fourth-order valence-electron chi connectivity index (χ4n) is 1.78. The minimum Gasteiger partial charge on any atom is -0.388 e. The quantitative estimate of drug-likeness (QED) is 0.896. The van der Waals surface area contributed by atoms with Crippen molar-refractivity contribution in [1.82, 2.24) is 0 Å². The van der Waals surface area contributed by atoms with Crippen molar-refractivity contribution >= 4 is 15.9 Å². The number of aliphatic hydroxyl groups is 1. The molecule has 0 fully saturated rings. The Balaban J connectivity index is 2.25. The minimum atomic E-state index is -1.30. The van der Waals surface area contributed by atoms with Crippen LogP contribution < -0.4 is 0 Å². The van der Waals surface area contributed by atoms with Gasteiger partial charge in [0.15, 0.2) is 11.6 Å². The van der Waals surface area contributed by atoms with Gasteiger partial charge in [-0.25, -0.2) is 13.2 Å². The first-order chi connectivity index (χ1) is 8.99. The molecule has 0 radical (unpaired) electrons. The van der Waals surface area contributed by atoms with E-state index >= 15 is 0 Å². The highest BCUT2D eigenvalue weighted by molar-refractivity contribution is 9.10. The summed E-state index contributed by atoms with van der Waals surface area (Å²) in [5.41, 5.74) is 0.0571. The highest BCUT2D eigenvalue weighted by atomic mass is 79.9. The monoisotopic (exact) mass is 330 g/mol. The number of hydrogen-bond donors (Lipinski definition) is 1. The number of aliphatic hydroxyl groups excluding tert-OH is 1. The fraction of sp³-hybridized carbons (Fsp3) is 0.143. The zero-order valence-corrected chi connectivity index (χ0v) is 11.3. The lowest BCUT2D eigenvalue weighted by atomic mass is 10.0.